The van der Waals surface area contributed by atoms with Crippen molar-refractivity contribution in [2.45, 2.75) is 38.1 Å². The number of hydrogen-bond donors (Lipinski definition) is 2. The number of nitrogens with zero attached hydrogens (tertiary/aromatic N) is 1. The minimum Gasteiger partial charge on any atom is -0.494 e. The van der Waals surface area contributed by atoms with Crippen LogP contribution in [0.2, 0.25) is 0 Å². The van der Waals surface area contributed by atoms with Gasteiger partial charge in [-0.1, -0.05) is 12.1 Å². The van der Waals surface area contributed by atoms with Gasteiger partial charge < -0.3 is 24.8 Å². The quantitative estimate of drug-likeness (QED) is 0.448. The third-order valence-corrected chi connectivity index (χ3v) is 4.57. The molecule has 0 radical (unpaired) electrons. The summed E-state index contributed by atoms with van der Waals surface area (Å²) in [6, 6.07) is 6.66. The Bertz CT molecular complexity index is 678. The molecule has 2 N–H and O–H groups in total. The summed E-state index contributed by atoms with van der Waals surface area (Å²) in [6.45, 7) is 0.982. The van der Waals surface area contributed by atoms with Crippen LogP contribution >= 0.6 is 0 Å². The van der Waals surface area contributed by atoms with Crippen LogP contribution in [0, 0.1) is 0 Å². The molecule has 0 saturated carbocycles. The molecule has 8 nitrogen and oxygen atoms in total. The molecule has 2 amide bonds. The molecule has 0 spiro atoms. The summed E-state index contributed by atoms with van der Waals surface area (Å²) in [5, 5.41) is 11.4. The summed E-state index contributed by atoms with van der Waals surface area (Å²) >= 11 is 0. The van der Waals surface area contributed by atoms with Crippen LogP contribution in [0.3, 0.4) is 0 Å². The highest BCUT2D eigenvalue weighted by atomic mass is 16.5. The number of unbranched alkanes of at least 4 members (excludes halogenated alkanes) is 1. The van der Waals surface area contributed by atoms with Gasteiger partial charge in [0.05, 0.1) is 26.7 Å². The van der Waals surface area contributed by atoms with Gasteiger partial charge in [0, 0.05) is 13.2 Å². The number of likely N-dealkylation sites (tertiary alicyclic amines) is 1. The maximum Gasteiger partial charge on any atom is 0.328 e. The number of hydrogen-bond acceptors (Lipinski definition) is 6. The number of amides is 2. The first-order valence-corrected chi connectivity index (χ1v) is 9.51. The normalized spacial score (nSPS) is 15.9. The molecule has 1 aliphatic rings. The van der Waals surface area contributed by atoms with E-state index in [0.717, 1.165) is 18.4 Å². The van der Waals surface area contributed by atoms with Crippen molar-refractivity contribution in [3.05, 3.63) is 29.8 Å². The Hall–Kier alpha value is -2.61. The van der Waals surface area contributed by atoms with E-state index in [9.17, 15) is 14.4 Å². The van der Waals surface area contributed by atoms with Crippen molar-refractivity contribution in [2.75, 3.05) is 33.4 Å². The third-order valence-electron chi connectivity index (χ3n) is 4.57. The highest BCUT2D eigenvalue weighted by Gasteiger charge is 2.34. The molecular formula is C20H28N2O6. The molecule has 0 aromatic heterocycles. The van der Waals surface area contributed by atoms with E-state index < -0.39 is 12.0 Å². The number of aliphatic hydroxyl groups excluding tert-OH is 1. The van der Waals surface area contributed by atoms with Crippen LogP contribution in [0.15, 0.2) is 24.3 Å². The second-order valence-corrected chi connectivity index (χ2v) is 6.65. The SMILES string of the molecule is COC(=O)C1CCCN1C(=O)CNC(=O)Cc1cccc(OCCCCO)c1. The van der Waals surface area contributed by atoms with Crippen LogP contribution < -0.4 is 10.1 Å². The van der Waals surface area contributed by atoms with Crippen LogP contribution in [-0.4, -0.2) is 67.2 Å². The van der Waals surface area contributed by atoms with Gasteiger partial charge in [0.1, 0.15) is 11.8 Å². The van der Waals surface area contributed by atoms with Crippen LogP contribution in [-0.2, 0) is 25.5 Å². The standard InChI is InChI=1S/C20H28N2O6/c1-27-20(26)17-8-5-9-22(17)19(25)14-21-18(24)13-15-6-4-7-16(12-15)28-11-3-2-10-23/h4,6-7,12,17,23H,2-3,5,8-11,13-14H2,1H3,(H,21,24). The summed E-state index contributed by atoms with van der Waals surface area (Å²) in [5.41, 5.74) is 0.776. The van der Waals surface area contributed by atoms with Gasteiger partial charge in [-0.15, -0.1) is 0 Å². The van der Waals surface area contributed by atoms with Crippen molar-refractivity contribution in [2.24, 2.45) is 0 Å². The average Bonchev–Trinajstić information content (AvgIpc) is 3.19. The van der Waals surface area contributed by atoms with Gasteiger partial charge in [0.25, 0.3) is 0 Å². The highest BCUT2D eigenvalue weighted by molar-refractivity contribution is 5.89. The monoisotopic (exact) mass is 392 g/mol. The Labute approximate surface area is 164 Å². The number of aliphatic hydroxyl groups is 1. The smallest absolute Gasteiger partial charge is 0.328 e. The molecule has 1 aliphatic heterocycles. The molecule has 1 atom stereocenters. The molecule has 1 saturated heterocycles. The molecule has 1 unspecified atom stereocenters. The number of rotatable bonds is 10. The second-order valence-electron chi connectivity index (χ2n) is 6.65. The molecule has 154 valence electrons. The average molecular weight is 392 g/mol. The van der Waals surface area contributed by atoms with E-state index >= 15 is 0 Å². The largest absolute Gasteiger partial charge is 0.494 e. The topological polar surface area (TPSA) is 105 Å². The van der Waals surface area contributed by atoms with Gasteiger partial charge in [-0.05, 0) is 43.4 Å². The van der Waals surface area contributed by atoms with E-state index in [4.69, 9.17) is 14.6 Å². The second kappa shape index (κ2) is 11.3. The lowest BCUT2D eigenvalue weighted by Crippen LogP contribution is -2.46. The molecule has 28 heavy (non-hydrogen) atoms. The fraction of sp³-hybridized carbons (Fsp3) is 0.550. The molecule has 0 bridgehead atoms. The maximum absolute atomic E-state index is 12.3. The number of ether oxygens (including phenoxy) is 2. The minimum atomic E-state index is -0.561. The predicted octanol–water partition coefficient (Wildman–Crippen LogP) is 0.661. The minimum absolute atomic E-state index is 0.127. The lowest BCUT2D eigenvalue weighted by molar-refractivity contribution is -0.150. The van der Waals surface area contributed by atoms with Gasteiger partial charge in [0.15, 0.2) is 0 Å². The summed E-state index contributed by atoms with van der Waals surface area (Å²) in [6.07, 6.45) is 2.89. The van der Waals surface area contributed by atoms with Crippen molar-refractivity contribution >= 4 is 17.8 Å². The number of methoxy groups -OCH3 is 1. The zero-order chi connectivity index (χ0) is 20.4. The lowest BCUT2D eigenvalue weighted by atomic mass is 10.1. The molecular weight excluding hydrogens is 364 g/mol. The van der Waals surface area contributed by atoms with Crippen molar-refractivity contribution in [3.8, 4) is 5.75 Å². The summed E-state index contributed by atoms with van der Waals surface area (Å²) in [5.74, 6) is -0.327. The van der Waals surface area contributed by atoms with E-state index in [1.54, 1.807) is 12.1 Å². The van der Waals surface area contributed by atoms with Gasteiger partial charge in [0.2, 0.25) is 11.8 Å². The summed E-state index contributed by atoms with van der Waals surface area (Å²) in [4.78, 5) is 37.7. The van der Waals surface area contributed by atoms with Gasteiger partial charge >= 0.3 is 5.97 Å². The Morgan fingerprint density at radius 1 is 1.29 bits per heavy atom. The van der Waals surface area contributed by atoms with E-state index in [2.05, 4.69) is 5.32 Å². The Morgan fingerprint density at radius 2 is 2.11 bits per heavy atom. The fourth-order valence-corrected chi connectivity index (χ4v) is 3.12. The van der Waals surface area contributed by atoms with Crippen LogP contribution in [0.4, 0.5) is 0 Å². The Morgan fingerprint density at radius 3 is 2.86 bits per heavy atom. The van der Waals surface area contributed by atoms with Crippen LogP contribution in [0.1, 0.15) is 31.2 Å². The van der Waals surface area contributed by atoms with E-state index in [0.29, 0.717) is 31.7 Å². The van der Waals surface area contributed by atoms with Crippen LogP contribution in [0.25, 0.3) is 0 Å². The van der Waals surface area contributed by atoms with Gasteiger partial charge in [-0.25, -0.2) is 4.79 Å². The van der Waals surface area contributed by atoms with Crippen molar-refractivity contribution in [3.63, 3.8) is 0 Å². The Kier molecular flexibility index (Phi) is 8.74. The maximum atomic E-state index is 12.3. The van der Waals surface area contributed by atoms with Crippen molar-refractivity contribution in [1.82, 2.24) is 10.2 Å². The summed E-state index contributed by atoms with van der Waals surface area (Å²) in [7, 11) is 1.30. The molecule has 1 aromatic carbocycles. The van der Waals surface area contributed by atoms with Gasteiger partial charge in [-0.3, -0.25) is 9.59 Å². The number of carbonyl (C=O) groups excluding carboxylic acids is 3. The van der Waals surface area contributed by atoms with Gasteiger partial charge in [-0.2, -0.15) is 0 Å². The van der Waals surface area contributed by atoms with Crippen molar-refractivity contribution in [1.29, 1.82) is 0 Å². The van der Waals surface area contributed by atoms with Crippen molar-refractivity contribution < 1.29 is 29.0 Å². The zero-order valence-electron chi connectivity index (χ0n) is 16.2. The molecule has 0 aliphatic carbocycles. The zero-order valence-corrected chi connectivity index (χ0v) is 16.2. The fourth-order valence-electron chi connectivity index (χ4n) is 3.12. The molecule has 8 heteroatoms. The third kappa shape index (κ3) is 6.53. The Balaban J connectivity index is 1.79. The number of esters is 1. The number of benzene rings is 1. The molecule has 2 rings (SSSR count). The number of carbonyl (C=O) groups is 3. The lowest BCUT2D eigenvalue weighted by Gasteiger charge is -2.22. The molecule has 1 heterocycles. The van der Waals surface area contributed by atoms with E-state index in [-0.39, 0.29) is 31.4 Å². The highest BCUT2D eigenvalue weighted by Crippen LogP contribution is 2.18. The van der Waals surface area contributed by atoms with E-state index in [1.807, 2.05) is 12.1 Å². The first-order chi connectivity index (χ1) is 13.5. The summed E-state index contributed by atoms with van der Waals surface area (Å²) < 4.78 is 10.3. The first kappa shape index (κ1) is 21.7. The van der Waals surface area contributed by atoms with E-state index in [1.165, 1.54) is 12.0 Å². The molecule has 1 aromatic rings. The first-order valence-electron chi connectivity index (χ1n) is 9.51. The number of nitrogens with one attached hydrogen (secondary N) is 1. The van der Waals surface area contributed by atoms with Crippen LogP contribution in [0.5, 0.6) is 5.75 Å². The predicted molar refractivity (Wildman–Crippen MR) is 102 cm³/mol. The molecule has 1 fully saturated rings.